The van der Waals surface area contributed by atoms with Gasteiger partial charge in [-0.25, -0.2) is 4.98 Å². The normalized spacial score (nSPS) is 10.2. The van der Waals surface area contributed by atoms with Gasteiger partial charge in [0.2, 0.25) is 5.95 Å². The third-order valence-electron chi connectivity index (χ3n) is 2.40. The second-order valence-corrected chi connectivity index (χ2v) is 3.82. The van der Waals surface area contributed by atoms with Crippen LogP contribution in [0.5, 0.6) is 0 Å². The lowest BCUT2D eigenvalue weighted by Crippen LogP contribution is -2.08. The van der Waals surface area contributed by atoms with E-state index in [1.54, 1.807) is 0 Å². The molecule has 0 unspecified atom stereocenters. The lowest BCUT2D eigenvalue weighted by atomic mass is 10.2. The molecule has 1 aromatic carbocycles. The van der Waals surface area contributed by atoms with Gasteiger partial charge < -0.3 is 5.32 Å². The van der Waals surface area contributed by atoms with Gasteiger partial charge in [-0.3, -0.25) is 0 Å². The molecule has 0 amide bonds. The van der Waals surface area contributed by atoms with Crippen LogP contribution >= 0.6 is 0 Å². The van der Waals surface area contributed by atoms with Crippen LogP contribution in [0.25, 0.3) is 0 Å². The summed E-state index contributed by atoms with van der Waals surface area (Å²) in [7, 11) is 0. The van der Waals surface area contributed by atoms with E-state index in [4.69, 9.17) is 0 Å². The van der Waals surface area contributed by atoms with Crippen molar-refractivity contribution in [2.45, 2.75) is 26.8 Å². The molecule has 0 saturated heterocycles. The van der Waals surface area contributed by atoms with Crippen molar-refractivity contribution in [1.29, 1.82) is 0 Å². The van der Waals surface area contributed by atoms with E-state index in [1.165, 1.54) is 5.56 Å². The molecule has 88 valence electrons. The van der Waals surface area contributed by atoms with Gasteiger partial charge in [-0.05, 0) is 12.5 Å². The fourth-order valence-corrected chi connectivity index (χ4v) is 1.55. The van der Waals surface area contributed by atoms with Gasteiger partial charge in [-0.2, -0.15) is 9.97 Å². The predicted molar refractivity (Wildman–Crippen MR) is 67.7 cm³/mol. The molecule has 0 saturated carbocycles. The highest BCUT2D eigenvalue weighted by Crippen LogP contribution is 2.05. The van der Waals surface area contributed by atoms with Crippen LogP contribution in [0.4, 0.5) is 5.95 Å². The van der Waals surface area contributed by atoms with Crippen LogP contribution < -0.4 is 5.32 Å². The van der Waals surface area contributed by atoms with Crippen molar-refractivity contribution in [2.75, 3.05) is 5.32 Å². The van der Waals surface area contributed by atoms with Gasteiger partial charge in [-0.15, -0.1) is 0 Å². The van der Waals surface area contributed by atoms with Gasteiger partial charge in [0.25, 0.3) is 0 Å². The van der Waals surface area contributed by atoms with Gasteiger partial charge in [0.05, 0.1) is 0 Å². The molecule has 0 atom stereocenters. The number of rotatable bonds is 4. The van der Waals surface area contributed by atoms with Crippen molar-refractivity contribution in [3.63, 3.8) is 0 Å². The Morgan fingerprint density at radius 3 is 2.53 bits per heavy atom. The van der Waals surface area contributed by atoms with Crippen molar-refractivity contribution in [1.82, 2.24) is 15.0 Å². The molecule has 0 fully saturated rings. The Morgan fingerprint density at radius 1 is 1.06 bits per heavy atom. The fourth-order valence-electron chi connectivity index (χ4n) is 1.55. The lowest BCUT2D eigenvalue weighted by molar-refractivity contribution is 0.858. The SMILES string of the molecule is CCc1nc(C)nc(NCc2ccccc2)n1. The summed E-state index contributed by atoms with van der Waals surface area (Å²) >= 11 is 0. The Labute approximate surface area is 101 Å². The molecular formula is C13H16N4. The van der Waals surface area contributed by atoms with E-state index in [0.29, 0.717) is 5.95 Å². The Bertz CT molecular complexity index is 482. The van der Waals surface area contributed by atoms with E-state index in [9.17, 15) is 0 Å². The standard InChI is InChI=1S/C13H16N4/c1-3-12-15-10(2)16-13(17-12)14-9-11-7-5-4-6-8-11/h4-8H,3,9H2,1-2H3,(H,14,15,16,17). The quantitative estimate of drug-likeness (QED) is 0.872. The zero-order chi connectivity index (χ0) is 12.1. The number of nitrogens with zero attached hydrogens (tertiary/aromatic N) is 3. The summed E-state index contributed by atoms with van der Waals surface area (Å²) in [6.45, 7) is 4.65. The first kappa shape index (κ1) is 11.5. The maximum absolute atomic E-state index is 4.33. The highest BCUT2D eigenvalue weighted by atomic mass is 15.1. The van der Waals surface area contributed by atoms with Gasteiger partial charge in [0.1, 0.15) is 11.6 Å². The first-order valence-electron chi connectivity index (χ1n) is 5.77. The second-order valence-electron chi connectivity index (χ2n) is 3.82. The molecule has 0 bridgehead atoms. The molecular weight excluding hydrogens is 212 g/mol. The summed E-state index contributed by atoms with van der Waals surface area (Å²) < 4.78 is 0. The maximum Gasteiger partial charge on any atom is 0.226 e. The van der Waals surface area contributed by atoms with Crippen LogP contribution in [0.2, 0.25) is 0 Å². The fraction of sp³-hybridized carbons (Fsp3) is 0.308. The monoisotopic (exact) mass is 228 g/mol. The highest BCUT2D eigenvalue weighted by Gasteiger charge is 2.01. The Kier molecular flexibility index (Phi) is 3.65. The zero-order valence-electron chi connectivity index (χ0n) is 10.1. The van der Waals surface area contributed by atoms with Crippen LogP contribution in [0.15, 0.2) is 30.3 Å². The summed E-state index contributed by atoms with van der Waals surface area (Å²) in [6.07, 6.45) is 0.823. The molecule has 17 heavy (non-hydrogen) atoms. The summed E-state index contributed by atoms with van der Waals surface area (Å²) in [5, 5.41) is 3.21. The molecule has 1 aromatic heterocycles. The smallest absolute Gasteiger partial charge is 0.226 e. The van der Waals surface area contributed by atoms with Crippen LogP contribution in [0, 0.1) is 6.92 Å². The summed E-state index contributed by atoms with van der Waals surface area (Å²) in [4.78, 5) is 12.8. The van der Waals surface area contributed by atoms with E-state index in [0.717, 1.165) is 24.6 Å². The van der Waals surface area contributed by atoms with Crippen molar-refractivity contribution in [3.8, 4) is 0 Å². The Balaban J connectivity index is 2.06. The van der Waals surface area contributed by atoms with E-state index >= 15 is 0 Å². The molecule has 0 aliphatic rings. The summed E-state index contributed by atoms with van der Waals surface area (Å²) in [5.41, 5.74) is 1.21. The summed E-state index contributed by atoms with van der Waals surface area (Å²) in [5.74, 6) is 2.23. The molecule has 0 radical (unpaired) electrons. The first-order valence-corrected chi connectivity index (χ1v) is 5.77. The first-order chi connectivity index (χ1) is 8.28. The van der Waals surface area contributed by atoms with Crippen molar-refractivity contribution in [3.05, 3.63) is 47.5 Å². The number of aromatic nitrogens is 3. The molecule has 1 heterocycles. The van der Waals surface area contributed by atoms with Crippen molar-refractivity contribution in [2.24, 2.45) is 0 Å². The van der Waals surface area contributed by atoms with Crippen LogP contribution in [-0.2, 0) is 13.0 Å². The average Bonchev–Trinajstić information content (AvgIpc) is 2.37. The van der Waals surface area contributed by atoms with Gasteiger partial charge >= 0.3 is 0 Å². The minimum Gasteiger partial charge on any atom is -0.350 e. The average molecular weight is 228 g/mol. The van der Waals surface area contributed by atoms with Gasteiger partial charge in [-0.1, -0.05) is 37.3 Å². The second kappa shape index (κ2) is 5.39. The third-order valence-corrected chi connectivity index (χ3v) is 2.40. The number of hydrogen-bond donors (Lipinski definition) is 1. The van der Waals surface area contributed by atoms with E-state index < -0.39 is 0 Å². The Morgan fingerprint density at radius 2 is 1.82 bits per heavy atom. The van der Waals surface area contributed by atoms with E-state index in [-0.39, 0.29) is 0 Å². The highest BCUT2D eigenvalue weighted by molar-refractivity contribution is 5.27. The number of aryl methyl sites for hydroxylation is 2. The van der Waals surface area contributed by atoms with Gasteiger partial charge in [0, 0.05) is 13.0 Å². The zero-order valence-corrected chi connectivity index (χ0v) is 10.1. The molecule has 2 aromatic rings. The van der Waals surface area contributed by atoms with E-state index in [1.807, 2.05) is 32.0 Å². The van der Waals surface area contributed by atoms with E-state index in [2.05, 4.69) is 32.4 Å². The minimum atomic E-state index is 0.651. The van der Waals surface area contributed by atoms with Gasteiger partial charge in [0.15, 0.2) is 0 Å². The number of benzene rings is 1. The number of anilines is 1. The van der Waals surface area contributed by atoms with Crippen molar-refractivity contribution >= 4 is 5.95 Å². The predicted octanol–water partition coefficient (Wildman–Crippen LogP) is 2.35. The summed E-state index contributed by atoms with van der Waals surface area (Å²) in [6, 6.07) is 10.2. The molecule has 0 aliphatic carbocycles. The third kappa shape index (κ3) is 3.24. The lowest BCUT2D eigenvalue weighted by Gasteiger charge is -2.06. The number of hydrogen-bond acceptors (Lipinski definition) is 4. The van der Waals surface area contributed by atoms with Crippen molar-refractivity contribution < 1.29 is 0 Å². The Hall–Kier alpha value is -1.97. The van der Waals surface area contributed by atoms with Crippen LogP contribution in [0.3, 0.4) is 0 Å². The molecule has 4 nitrogen and oxygen atoms in total. The molecule has 4 heteroatoms. The molecule has 1 N–H and O–H groups in total. The molecule has 2 rings (SSSR count). The molecule has 0 spiro atoms. The largest absolute Gasteiger partial charge is 0.350 e. The minimum absolute atomic E-state index is 0.651. The molecule has 0 aliphatic heterocycles. The number of nitrogens with one attached hydrogen (secondary N) is 1. The topological polar surface area (TPSA) is 50.7 Å². The maximum atomic E-state index is 4.33. The van der Waals surface area contributed by atoms with Crippen LogP contribution in [0.1, 0.15) is 24.1 Å². The van der Waals surface area contributed by atoms with Crippen LogP contribution in [-0.4, -0.2) is 15.0 Å².